The summed E-state index contributed by atoms with van der Waals surface area (Å²) in [6.07, 6.45) is 0.478. The van der Waals surface area contributed by atoms with Crippen LogP contribution < -0.4 is 5.73 Å². The summed E-state index contributed by atoms with van der Waals surface area (Å²) in [6.45, 7) is 6.22. The molecule has 0 amide bonds. The molecule has 0 saturated carbocycles. The molecule has 0 bridgehead atoms. The molecule has 0 aliphatic heterocycles. The van der Waals surface area contributed by atoms with E-state index in [1.807, 2.05) is 45.0 Å². The first-order chi connectivity index (χ1) is 6.95. The second-order valence-electron chi connectivity index (χ2n) is 4.68. The molecule has 1 aromatic rings. The highest BCUT2D eigenvalue weighted by molar-refractivity contribution is 5.86. The van der Waals surface area contributed by atoms with E-state index < -0.39 is 5.41 Å². The fourth-order valence-electron chi connectivity index (χ4n) is 1.36. The number of rotatable bonds is 4. The van der Waals surface area contributed by atoms with Gasteiger partial charge in [-0.15, -0.1) is 0 Å². The van der Waals surface area contributed by atoms with Gasteiger partial charge in [0.2, 0.25) is 0 Å². The van der Waals surface area contributed by atoms with Crippen LogP contribution in [0.4, 0.5) is 0 Å². The van der Waals surface area contributed by atoms with Crippen molar-refractivity contribution < 1.29 is 4.79 Å². The first kappa shape index (κ1) is 11.9. The third-order valence-corrected chi connectivity index (χ3v) is 2.71. The molecule has 0 spiro atoms. The normalized spacial score (nSPS) is 11.5. The Morgan fingerprint density at radius 3 is 2.60 bits per heavy atom. The lowest BCUT2D eigenvalue weighted by Crippen LogP contribution is -2.33. The molecule has 82 valence electrons. The van der Waals surface area contributed by atoms with Crippen LogP contribution in [0.2, 0.25) is 0 Å². The molecule has 0 unspecified atom stereocenters. The SMILES string of the molecule is Cc1cccc(CC(=O)C(C)(C)CN)c1. The Kier molecular flexibility index (Phi) is 3.64. The first-order valence-electron chi connectivity index (χ1n) is 5.24. The van der Waals surface area contributed by atoms with E-state index in [0.29, 0.717) is 13.0 Å². The number of hydrogen-bond acceptors (Lipinski definition) is 2. The lowest BCUT2D eigenvalue weighted by Gasteiger charge is -2.20. The summed E-state index contributed by atoms with van der Waals surface area (Å²) in [5, 5.41) is 0. The second kappa shape index (κ2) is 4.58. The van der Waals surface area contributed by atoms with E-state index in [1.165, 1.54) is 5.56 Å². The quantitative estimate of drug-likeness (QED) is 0.818. The molecule has 1 aromatic carbocycles. The van der Waals surface area contributed by atoms with Crippen LogP contribution in [0.1, 0.15) is 25.0 Å². The maximum Gasteiger partial charge on any atom is 0.144 e. The number of carbonyl (C=O) groups excluding carboxylic acids is 1. The van der Waals surface area contributed by atoms with Gasteiger partial charge in [0, 0.05) is 18.4 Å². The van der Waals surface area contributed by atoms with Gasteiger partial charge in [-0.1, -0.05) is 43.7 Å². The van der Waals surface area contributed by atoms with Gasteiger partial charge in [0.05, 0.1) is 0 Å². The Bertz CT molecular complexity index is 355. The van der Waals surface area contributed by atoms with E-state index >= 15 is 0 Å². The average molecular weight is 205 g/mol. The number of hydrogen-bond donors (Lipinski definition) is 1. The topological polar surface area (TPSA) is 43.1 Å². The molecule has 0 saturated heterocycles. The number of ketones is 1. The predicted octanol–water partition coefficient (Wildman–Crippen LogP) is 2.09. The van der Waals surface area contributed by atoms with Crippen molar-refractivity contribution in [2.24, 2.45) is 11.1 Å². The zero-order chi connectivity index (χ0) is 11.5. The van der Waals surface area contributed by atoms with Gasteiger partial charge in [0.1, 0.15) is 5.78 Å². The van der Waals surface area contributed by atoms with Gasteiger partial charge in [-0.05, 0) is 12.5 Å². The summed E-state index contributed by atoms with van der Waals surface area (Å²) in [7, 11) is 0. The predicted molar refractivity (Wildman–Crippen MR) is 62.7 cm³/mol. The lowest BCUT2D eigenvalue weighted by molar-refractivity contribution is -0.125. The molecular weight excluding hydrogens is 186 g/mol. The molecule has 0 aromatic heterocycles. The van der Waals surface area contributed by atoms with E-state index in [-0.39, 0.29) is 5.78 Å². The van der Waals surface area contributed by atoms with Crippen LogP contribution in [-0.2, 0) is 11.2 Å². The zero-order valence-corrected chi connectivity index (χ0v) is 9.71. The van der Waals surface area contributed by atoms with Crippen molar-refractivity contribution in [3.63, 3.8) is 0 Å². The Labute approximate surface area is 91.5 Å². The summed E-state index contributed by atoms with van der Waals surface area (Å²) < 4.78 is 0. The molecule has 0 heterocycles. The van der Waals surface area contributed by atoms with Crippen LogP contribution in [-0.4, -0.2) is 12.3 Å². The largest absolute Gasteiger partial charge is 0.329 e. The van der Waals surface area contributed by atoms with Crippen molar-refractivity contribution in [1.29, 1.82) is 0 Å². The maximum absolute atomic E-state index is 11.9. The molecular formula is C13H19NO. The lowest BCUT2D eigenvalue weighted by atomic mass is 9.85. The van der Waals surface area contributed by atoms with Crippen molar-refractivity contribution in [1.82, 2.24) is 0 Å². The maximum atomic E-state index is 11.9. The highest BCUT2D eigenvalue weighted by atomic mass is 16.1. The van der Waals surface area contributed by atoms with Crippen LogP contribution in [0.25, 0.3) is 0 Å². The highest BCUT2D eigenvalue weighted by Gasteiger charge is 2.25. The van der Waals surface area contributed by atoms with Gasteiger partial charge < -0.3 is 5.73 Å². The van der Waals surface area contributed by atoms with E-state index in [2.05, 4.69) is 0 Å². The summed E-state index contributed by atoms with van der Waals surface area (Å²) in [5.41, 5.74) is 7.41. The Balaban J connectivity index is 2.75. The minimum atomic E-state index is -0.413. The Morgan fingerprint density at radius 2 is 2.07 bits per heavy atom. The van der Waals surface area contributed by atoms with Gasteiger partial charge in [-0.25, -0.2) is 0 Å². The van der Waals surface area contributed by atoms with Crippen molar-refractivity contribution in [3.8, 4) is 0 Å². The summed E-state index contributed by atoms with van der Waals surface area (Å²) in [5.74, 6) is 0.204. The van der Waals surface area contributed by atoms with Crippen molar-refractivity contribution >= 4 is 5.78 Å². The van der Waals surface area contributed by atoms with E-state index in [1.54, 1.807) is 0 Å². The monoisotopic (exact) mass is 205 g/mol. The van der Waals surface area contributed by atoms with Gasteiger partial charge in [-0.3, -0.25) is 4.79 Å². The zero-order valence-electron chi connectivity index (χ0n) is 9.71. The molecule has 1 rings (SSSR count). The molecule has 2 heteroatoms. The minimum absolute atomic E-state index is 0.204. The van der Waals surface area contributed by atoms with Gasteiger partial charge in [0.15, 0.2) is 0 Å². The minimum Gasteiger partial charge on any atom is -0.329 e. The van der Waals surface area contributed by atoms with E-state index in [9.17, 15) is 4.79 Å². The third-order valence-electron chi connectivity index (χ3n) is 2.71. The summed E-state index contributed by atoms with van der Waals surface area (Å²) in [6, 6.07) is 8.04. The van der Waals surface area contributed by atoms with E-state index in [0.717, 1.165) is 5.56 Å². The Morgan fingerprint density at radius 1 is 1.40 bits per heavy atom. The molecule has 2 N–H and O–H groups in total. The Hall–Kier alpha value is -1.15. The number of benzene rings is 1. The third kappa shape index (κ3) is 3.17. The fraction of sp³-hybridized carbons (Fsp3) is 0.462. The molecule has 0 aliphatic rings. The van der Waals surface area contributed by atoms with Crippen molar-refractivity contribution in [3.05, 3.63) is 35.4 Å². The summed E-state index contributed by atoms with van der Waals surface area (Å²) >= 11 is 0. The van der Waals surface area contributed by atoms with Crippen LogP contribution in [0.15, 0.2) is 24.3 Å². The van der Waals surface area contributed by atoms with Crippen LogP contribution in [0.5, 0.6) is 0 Å². The van der Waals surface area contributed by atoms with Crippen molar-refractivity contribution in [2.75, 3.05) is 6.54 Å². The van der Waals surface area contributed by atoms with E-state index in [4.69, 9.17) is 5.73 Å². The van der Waals surface area contributed by atoms with Crippen LogP contribution in [0, 0.1) is 12.3 Å². The number of carbonyl (C=O) groups is 1. The van der Waals surface area contributed by atoms with Crippen LogP contribution >= 0.6 is 0 Å². The number of nitrogens with two attached hydrogens (primary N) is 1. The van der Waals surface area contributed by atoms with Gasteiger partial charge >= 0.3 is 0 Å². The molecule has 0 fully saturated rings. The number of Topliss-reactive ketones (excluding diaryl/α,β-unsaturated/α-hetero) is 1. The van der Waals surface area contributed by atoms with Gasteiger partial charge in [-0.2, -0.15) is 0 Å². The fourth-order valence-corrected chi connectivity index (χ4v) is 1.36. The first-order valence-corrected chi connectivity index (χ1v) is 5.24. The summed E-state index contributed by atoms with van der Waals surface area (Å²) in [4.78, 5) is 11.9. The molecule has 15 heavy (non-hydrogen) atoms. The standard InChI is InChI=1S/C13H19NO/c1-10-5-4-6-11(7-10)8-12(15)13(2,3)9-14/h4-7H,8-9,14H2,1-3H3. The molecule has 0 aliphatic carbocycles. The van der Waals surface area contributed by atoms with Crippen LogP contribution in [0.3, 0.4) is 0 Å². The average Bonchev–Trinajstić information content (AvgIpc) is 2.17. The number of aryl methyl sites for hydroxylation is 1. The molecule has 2 nitrogen and oxygen atoms in total. The highest BCUT2D eigenvalue weighted by Crippen LogP contribution is 2.17. The smallest absolute Gasteiger partial charge is 0.144 e. The van der Waals surface area contributed by atoms with Crippen molar-refractivity contribution in [2.45, 2.75) is 27.2 Å². The second-order valence-corrected chi connectivity index (χ2v) is 4.68. The van der Waals surface area contributed by atoms with Gasteiger partial charge in [0.25, 0.3) is 0 Å². The molecule has 0 atom stereocenters. The molecule has 0 radical (unpaired) electrons.